The molecule has 0 bridgehead atoms. The Bertz CT molecular complexity index is 881. The van der Waals surface area contributed by atoms with E-state index in [1.165, 1.54) is 5.56 Å². The summed E-state index contributed by atoms with van der Waals surface area (Å²) < 4.78 is 2.00. The largest absolute Gasteiger partial charge is 0.348 e. The first kappa shape index (κ1) is 17.0. The summed E-state index contributed by atoms with van der Waals surface area (Å²) in [5.74, 6) is -0.0571. The molecule has 1 amide bonds. The molecule has 25 heavy (non-hydrogen) atoms. The van der Waals surface area contributed by atoms with E-state index in [-0.39, 0.29) is 5.91 Å². The van der Waals surface area contributed by atoms with E-state index in [9.17, 15) is 4.79 Å². The lowest BCUT2D eigenvalue weighted by Crippen LogP contribution is -2.23. The van der Waals surface area contributed by atoms with Crippen LogP contribution < -0.4 is 5.32 Å². The highest BCUT2D eigenvalue weighted by Gasteiger charge is 2.13. The number of amides is 1. The van der Waals surface area contributed by atoms with Crippen molar-refractivity contribution in [3.05, 3.63) is 88.2 Å². The van der Waals surface area contributed by atoms with Crippen LogP contribution in [0.2, 0.25) is 0 Å². The van der Waals surface area contributed by atoms with Crippen molar-refractivity contribution in [2.45, 2.75) is 33.9 Å². The molecule has 2 aromatic carbocycles. The number of nitrogens with zero attached hydrogens (tertiary/aromatic N) is 2. The Morgan fingerprint density at radius 1 is 1.04 bits per heavy atom. The highest BCUT2D eigenvalue weighted by Crippen LogP contribution is 2.15. The molecule has 0 saturated carbocycles. The molecule has 0 fully saturated rings. The second-order valence-electron chi connectivity index (χ2n) is 6.34. The van der Waals surface area contributed by atoms with Crippen LogP contribution in [0.5, 0.6) is 0 Å². The molecular formula is C21H23N3O. The molecule has 1 N–H and O–H groups in total. The summed E-state index contributed by atoms with van der Waals surface area (Å²) in [6.07, 6.45) is 0. The molecule has 0 atom stereocenters. The van der Waals surface area contributed by atoms with Crippen LogP contribution in [-0.4, -0.2) is 15.7 Å². The van der Waals surface area contributed by atoms with Gasteiger partial charge in [0.15, 0.2) is 0 Å². The fraction of sp³-hybridized carbons (Fsp3) is 0.238. The number of nitrogens with one attached hydrogen (secondary N) is 1. The van der Waals surface area contributed by atoms with Crippen LogP contribution >= 0.6 is 0 Å². The molecule has 1 aromatic heterocycles. The van der Waals surface area contributed by atoms with Gasteiger partial charge in [-0.3, -0.25) is 9.48 Å². The monoisotopic (exact) mass is 333 g/mol. The van der Waals surface area contributed by atoms with E-state index >= 15 is 0 Å². The quantitative estimate of drug-likeness (QED) is 0.772. The number of hydrogen-bond donors (Lipinski definition) is 1. The Balaban J connectivity index is 1.72. The highest BCUT2D eigenvalue weighted by atomic mass is 16.1. The average Bonchev–Trinajstić information content (AvgIpc) is 2.87. The molecule has 0 aliphatic heterocycles. The van der Waals surface area contributed by atoms with E-state index in [1.54, 1.807) is 0 Å². The van der Waals surface area contributed by atoms with Gasteiger partial charge in [-0.1, -0.05) is 48.0 Å². The number of aromatic nitrogens is 2. The van der Waals surface area contributed by atoms with E-state index in [1.807, 2.05) is 61.0 Å². The Morgan fingerprint density at radius 2 is 1.80 bits per heavy atom. The van der Waals surface area contributed by atoms with Crippen LogP contribution in [0.4, 0.5) is 0 Å². The first-order valence-electron chi connectivity index (χ1n) is 8.46. The smallest absolute Gasteiger partial charge is 0.251 e. The highest BCUT2D eigenvalue weighted by molar-refractivity contribution is 5.94. The summed E-state index contributed by atoms with van der Waals surface area (Å²) in [4.78, 5) is 12.4. The average molecular weight is 333 g/mol. The van der Waals surface area contributed by atoms with Gasteiger partial charge in [0.2, 0.25) is 0 Å². The van der Waals surface area contributed by atoms with Crippen molar-refractivity contribution >= 4 is 5.91 Å². The lowest BCUT2D eigenvalue weighted by molar-refractivity contribution is 0.0950. The van der Waals surface area contributed by atoms with Gasteiger partial charge in [-0.2, -0.15) is 5.10 Å². The summed E-state index contributed by atoms with van der Waals surface area (Å²) in [5.41, 5.74) is 6.10. The van der Waals surface area contributed by atoms with Crippen molar-refractivity contribution in [2.75, 3.05) is 0 Å². The fourth-order valence-corrected chi connectivity index (χ4v) is 2.96. The molecule has 0 saturated heterocycles. The molecule has 0 unspecified atom stereocenters. The summed E-state index contributed by atoms with van der Waals surface area (Å²) >= 11 is 0. The second-order valence-corrected chi connectivity index (χ2v) is 6.34. The minimum Gasteiger partial charge on any atom is -0.348 e. The van der Waals surface area contributed by atoms with Crippen molar-refractivity contribution in [1.29, 1.82) is 0 Å². The summed E-state index contributed by atoms with van der Waals surface area (Å²) in [6.45, 7) is 7.25. The fourth-order valence-electron chi connectivity index (χ4n) is 2.96. The molecule has 0 aliphatic rings. The molecule has 128 valence electrons. The standard InChI is InChI=1S/C21H23N3O/c1-15-8-7-11-19(12-15)21(25)22-13-20-16(2)23-24(17(20)3)14-18-9-5-4-6-10-18/h4-12H,13-14H2,1-3H3,(H,22,25). The number of aryl methyl sites for hydroxylation is 2. The third kappa shape index (κ3) is 3.97. The van der Waals surface area contributed by atoms with Gasteiger partial charge in [-0.25, -0.2) is 0 Å². The van der Waals surface area contributed by atoms with Gasteiger partial charge in [-0.05, 0) is 38.5 Å². The van der Waals surface area contributed by atoms with Gasteiger partial charge in [0.1, 0.15) is 0 Å². The Morgan fingerprint density at radius 3 is 2.52 bits per heavy atom. The zero-order valence-corrected chi connectivity index (χ0v) is 14.9. The number of benzene rings is 2. The van der Waals surface area contributed by atoms with Crippen molar-refractivity contribution in [1.82, 2.24) is 15.1 Å². The van der Waals surface area contributed by atoms with Crippen LogP contribution in [-0.2, 0) is 13.1 Å². The normalized spacial score (nSPS) is 10.7. The van der Waals surface area contributed by atoms with Crippen molar-refractivity contribution in [2.24, 2.45) is 0 Å². The zero-order valence-electron chi connectivity index (χ0n) is 14.9. The number of rotatable bonds is 5. The zero-order chi connectivity index (χ0) is 17.8. The summed E-state index contributed by atoms with van der Waals surface area (Å²) in [6, 6.07) is 17.9. The Hall–Kier alpha value is -2.88. The summed E-state index contributed by atoms with van der Waals surface area (Å²) in [5, 5.41) is 7.64. The second kappa shape index (κ2) is 7.34. The third-order valence-corrected chi connectivity index (χ3v) is 4.41. The number of carbonyl (C=O) groups is 1. The molecule has 3 rings (SSSR count). The molecule has 0 radical (unpaired) electrons. The Kier molecular flexibility index (Phi) is 4.98. The maximum absolute atomic E-state index is 12.4. The maximum atomic E-state index is 12.4. The minimum atomic E-state index is -0.0571. The van der Waals surface area contributed by atoms with Gasteiger partial charge in [0.05, 0.1) is 12.2 Å². The van der Waals surface area contributed by atoms with Gasteiger partial charge in [0.25, 0.3) is 5.91 Å². The van der Waals surface area contributed by atoms with Gasteiger partial charge in [0, 0.05) is 23.4 Å². The van der Waals surface area contributed by atoms with Crippen LogP contribution in [0, 0.1) is 20.8 Å². The van der Waals surface area contributed by atoms with Gasteiger partial charge >= 0.3 is 0 Å². The number of hydrogen-bond acceptors (Lipinski definition) is 2. The first-order chi connectivity index (χ1) is 12.0. The minimum absolute atomic E-state index is 0.0571. The summed E-state index contributed by atoms with van der Waals surface area (Å²) in [7, 11) is 0. The molecule has 0 spiro atoms. The SMILES string of the molecule is Cc1cccc(C(=O)NCc2c(C)nn(Cc3ccccc3)c2C)c1. The lowest BCUT2D eigenvalue weighted by Gasteiger charge is -2.08. The van der Waals surface area contributed by atoms with Crippen LogP contribution in [0.25, 0.3) is 0 Å². The van der Waals surface area contributed by atoms with E-state index in [4.69, 9.17) is 0 Å². The van der Waals surface area contributed by atoms with Crippen molar-refractivity contribution in [3.8, 4) is 0 Å². The molecule has 4 heteroatoms. The van der Waals surface area contributed by atoms with E-state index in [0.29, 0.717) is 12.1 Å². The van der Waals surface area contributed by atoms with Crippen LogP contribution in [0.15, 0.2) is 54.6 Å². The molecular weight excluding hydrogens is 310 g/mol. The van der Waals surface area contributed by atoms with E-state index < -0.39 is 0 Å². The van der Waals surface area contributed by atoms with Gasteiger partial charge < -0.3 is 5.32 Å². The van der Waals surface area contributed by atoms with E-state index in [0.717, 1.165) is 29.1 Å². The molecule has 1 heterocycles. The number of carbonyl (C=O) groups excluding carboxylic acids is 1. The topological polar surface area (TPSA) is 46.9 Å². The van der Waals surface area contributed by atoms with Crippen molar-refractivity contribution in [3.63, 3.8) is 0 Å². The molecule has 3 aromatic rings. The first-order valence-corrected chi connectivity index (χ1v) is 8.46. The Labute approximate surface area is 148 Å². The van der Waals surface area contributed by atoms with Crippen molar-refractivity contribution < 1.29 is 4.79 Å². The van der Waals surface area contributed by atoms with Gasteiger partial charge in [-0.15, -0.1) is 0 Å². The van der Waals surface area contributed by atoms with Crippen LogP contribution in [0.3, 0.4) is 0 Å². The molecule has 4 nitrogen and oxygen atoms in total. The van der Waals surface area contributed by atoms with E-state index in [2.05, 4.69) is 29.5 Å². The predicted molar refractivity (Wildman–Crippen MR) is 99.6 cm³/mol. The third-order valence-electron chi connectivity index (χ3n) is 4.41. The molecule has 0 aliphatic carbocycles. The lowest BCUT2D eigenvalue weighted by atomic mass is 10.1. The van der Waals surface area contributed by atoms with Crippen LogP contribution in [0.1, 0.15) is 38.4 Å². The predicted octanol–water partition coefficient (Wildman–Crippen LogP) is 3.79. The maximum Gasteiger partial charge on any atom is 0.251 e.